The van der Waals surface area contributed by atoms with E-state index in [4.69, 9.17) is 5.10 Å². The first-order chi connectivity index (χ1) is 20.6. The normalized spacial score (nSPS) is 24.4. The second kappa shape index (κ2) is 8.12. The average molecular weight is 553 g/mol. The summed E-state index contributed by atoms with van der Waals surface area (Å²) in [6.45, 7) is 4.10. The number of hydrogen-bond acceptors (Lipinski definition) is 3. The third kappa shape index (κ3) is 3.19. The molecule has 4 fully saturated rings. The standard InChI is InChI=1S/C35H32N6O/c1-19-29-9-7-24(35(42)40-17-27-11-25-14-31(40)33(25)27)18-41(29)38-34(19)32-13-23-5-4-22(12-30(23)39(32)16-20-2-3-20)21-6-8-28-26(10-21)15-36-37-28/h4-10,12-13,15,18,20,25,27,31,33H,2-3,11,14,16-17H2,1H3,(H,36,37)/t25?,27?,31?,33-/m1/s1. The molecule has 4 atom stereocenters. The van der Waals surface area contributed by atoms with Gasteiger partial charge in [0.1, 0.15) is 5.69 Å². The molecule has 7 heteroatoms. The van der Waals surface area contributed by atoms with E-state index in [9.17, 15) is 4.79 Å². The summed E-state index contributed by atoms with van der Waals surface area (Å²) in [6.07, 6.45) is 8.93. The number of hydrogen-bond donors (Lipinski definition) is 1. The monoisotopic (exact) mass is 552 g/mol. The second-order valence-electron chi connectivity index (χ2n) is 13.3. The first-order valence-electron chi connectivity index (χ1n) is 15.5. The zero-order valence-electron chi connectivity index (χ0n) is 23.6. The van der Waals surface area contributed by atoms with Gasteiger partial charge in [-0.15, -0.1) is 0 Å². The number of amides is 1. The van der Waals surface area contributed by atoms with Crippen molar-refractivity contribution in [2.75, 3.05) is 6.54 Å². The molecule has 42 heavy (non-hydrogen) atoms. The van der Waals surface area contributed by atoms with E-state index in [1.54, 1.807) is 0 Å². The molecule has 0 spiro atoms. The highest BCUT2D eigenvalue weighted by atomic mass is 16.2. The van der Waals surface area contributed by atoms with Crippen LogP contribution < -0.4 is 0 Å². The third-order valence-electron chi connectivity index (χ3n) is 11.0. The Balaban J connectivity index is 1.06. The molecule has 3 unspecified atom stereocenters. The van der Waals surface area contributed by atoms with Gasteiger partial charge in [-0.2, -0.15) is 10.2 Å². The molecule has 3 aliphatic carbocycles. The minimum Gasteiger partial charge on any atom is -0.339 e. The molecule has 1 aliphatic heterocycles. The van der Waals surface area contributed by atoms with Gasteiger partial charge in [0.15, 0.2) is 0 Å². The number of aromatic amines is 1. The number of fused-ring (bicyclic) bond motifs is 3. The molecule has 5 heterocycles. The molecule has 10 rings (SSSR count). The van der Waals surface area contributed by atoms with Crippen LogP contribution in [0.25, 0.3) is 49.8 Å². The number of likely N-dealkylation sites (tertiary alicyclic amines) is 1. The van der Waals surface area contributed by atoms with E-state index in [0.717, 1.165) is 69.8 Å². The quantitative estimate of drug-likeness (QED) is 0.259. The van der Waals surface area contributed by atoms with E-state index in [2.05, 4.69) is 75.1 Å². The highest BCUT2D eigenvalue weighted by Gasteiger charge is 2.61. The summed E-state index contributed by atoms with van der Waals surface area (Å²) >= 11 is 0. The Hall–Kier alpha value is -4.39. The first kappa shape index (κ1) is 23.2. The van der Waals surface area contributed by atoms with E-state index in [0.29, 0.717) is 12.0 Å². The van der Waals surface area contributed by atoms with Crippen molar-refractivity contribution >= 4 is 33.2 Å². The lowest BCUT2D eigenvalue weighted by atomic mass is 9.53. The SMILES string of the molecule is Cc1c(-c2cc3ccc(-c4ccc5[nH]ncc5c4)cc3n2CC2CC2)nn2cc(C(=O)N3CC4CC5CC3[C@H]54)ccc12. The van der Waals surface area contributed by atoms with Crippen LogP contribution in [0.1, 0.15) is 41.6 Å². The predicted octanol–water partition coefficient (Wildman–Crippen LogP) is 6.70. The maximum Gasteiger partial charge on any atom is 0.255 e. The molecule has 0 bridgehead atoms. The minimum absolute atomic E-state index is 0.174. The topological polar surface area (TPSA) is 71.2 Å². The summed E-state index contributed by atoms with van der Waals surface area (Å²) in [5.41, 5.74) is 9.81. The van der Waals surface area contributed by atoms with Gasteiger partial charge in [0, 0.05) is 47.2 Å². The Morgan fingerprint density at radius 2 is 1.83 bits per heavy atom. The Labute approximate surface area is 243 Å². The number of rotatable bonds is 5. The van der Waals surface area contributed by atoms with Crippen molar-refractivity contribution in [3.05, 3.63) is 78.1 Å². The summed E-state index contributed by atoms with van der Waals surface area (Å²) in [5, 5.41) is 14.7. The molecule has 6 aromatic rings. The number of carbonyl (C=O) groups excluding carboxylic acids is 1. The molecular weight excluding hydrogens is 520 g/mol. The molecule has 4 aliphatic rings. The fraction of sp³-hybridized carbons (Fsp3) is 0.343. The second-order valence-corrected chi connectivity index (χ2v) is 13.3. The highest BCUT2D eigenvalue weighted by molar-refractivity contribution is 5.96. The van der Waals surface area contributed by atoms with E-state index in [-0.39, 0.29) is 5.91 Å². The zero-order chi connectivity index (χ0) is 27.7. The Morgan fingerprint density at radius 1 is 0.952 bits per heavy atom. The number of aryl methyl sites for hydroxylation is 1. The van der Waals surface area contributed by atoms with Crippen molar-refractivity contribution in [2.24, 2.45) is 23.7 Å². The lowest BCUT2D eigenvalue weighted by molar-refractivity contribution is -0.0204. The fourth-order valence-electron chi connectivity index (χ4n) is 8.41. The molecule has 2 aromatic carbocycles. The fourth-order valence-corrected chi connectivity index (χ4v) is 8.41. The Morgan fingerprint density at radius 3 is 2.69 bits per heavy atom. The molecule has 208 valence electrons. The van der Waals surface area contributed by atoms with Crippen LogP contribution in [0.3, 0.4) is 0 Å². The van der Waals surface area contributed by atoms with Crippen LogP contribution in [0, 0.1) is 30.6 Å². The third-order valence-corrected chi connectivity index (χ3v) is 11.0. The van der Waals surface area contributed by atoms with Crippen LogP contribution in [0.2, 0.25) is 0 Å². The van der Waals surface area contributed by atoms with Gasteiger partial charge in [0.2, 0.25) is 0 Å². The van der Waals surface area contributed by atoms with Crippen LogP contribution >= 0.6 is 0 Å². The molecule has 1 saturated heterocycles. The molecule has 3 saturated carbocycles. The van der Waals surface area contributed by atoms with Gasteiger partial charge >= 0.3 is 0 Å². The number of benzene rings is 2. The van der Waals surface area contributed by atoms with E-state index in [1.807, 2.05) is 23.0 Å². The Kier molecular flexibility index (Phi) is 4.49. The number of nitrogens with one attached hydrogen (secondary N) is 1. The number of carbonyl (C=O) groups is 1. The van der Waals surface area contributed by atoms with Crippen LogP contribution in [0.4, 0.5) is 0 Å². The molecule has 7 nitrogen and oxygen atoms in total. The van der Waals surface area contributed by atoms with Crippen molar-refractivity contribution in [1.82, 2.24) is 29.3 Å². The molecule has 1 amide bonds. The maximum atomic E-state index is 13.6. The number of H-pyrrole nitrogens is 1. The van der Waals surface area contributed by atoms with Gasteiger partial charge in [-0.05, 0) is 104 Å². The van der Waals surface area contributed by atoms with Crippen molar-refractivity contribution in [3.8, 4) is 22.5 Å². The van der Waals surface area contributed by atoms with Gasteiger partial charge in [-0.1, -0.05) is 18.2 Å². The van der Waals surface area contributed by atoms with Crippen LogP contribution in [0.5, 0.6) is 0 Å². The van der Waals surface area contributed by atoms with E-state index in [1.165, 1.54) is 47.7 Å². The summed E-state index contributed by atoms with van der Waals surface area (Å²) in [6, 6.07) is 20.1. The predicted molar refractivity (Wildman–Crippen MR) is 163 cm³/mol. The Bertz CT molecular complexity index is 2090. The van der Waals surface area contributed by atoms with Crippen LogP contribution in [-0.4, -0.2) is 47.8 Å². The van der Waals surface area contributed by atoms with Crippen LogP contribution in [-0.2, 0) is 6.54 Å². The average Bonchev–Trinajstić information content (AvgIpc) is 3.42. The zero-order valence-corrected chi connectivity index (χ0v) is 23.6. The summed E-state index contributed by atoms with van der Waals surface area (Å²) < 4.78 is 4.43. The summed E-state index contributed by atoms with van der Waals surface area (Å²) in [4.78, 5) is 15.7. The lowest BCUT2D eigenvalue weighted by Crippen LogP contribution is -2.53. The van der Waals surface area contributed by atoms with Crippen molar-refractivity contribution < 1.29 is 4.79 Å². The van der Waals surface area contributed by atoms with Gasteiger partial charge in [-0.3, -0.25) is 9.89 Å². The lowest BCUT2D eigenvalue weighted by Gasteiger charge is -2.52. The van der Waals surface area contributed by atoms with Crippen molar-refractivity contribution in [2.45, 2.75) is 45.2 Å². The number of nitrogens with zero attached hydrogens (tertiary/aromatic N) is 5. The van der Waals surface area contributed by atoms with Crippen LogP contribution in [0.15, 0.2) is 67.0 Å². The molecular formula is C35H32N6O. The summed E-state index contributed by atoms with van der Waals surface area (Å²) in [5.74, 6) is 3.29. The van der Waals surface area contributed by atoms with Gasteiger partial charge < -0.3 is 9.47 Å². The summed E-state index contributed by atoms with van der Waals surface area (Å²) in [7, 11) is 0. The van der Waals surface area contributed by atoms with Crippen molar-refractivity contribution in [3.63, 3.8) is 0 Å². The molecule has 4 aromatic heterocycles. The van der Waals surface area contributed by atoms with E-state index >= 15 is 0 Å². The van der Waals surface area contributed by atoms with Gasteiger partial charge in [0.25, 0.3) is 5.91 Å². The number of pyridine rings is 1. The number of aromatic nitrogens is 5. The maximum absolute atomic E-state index is 13.6. The molecule has 1 N–H and O–H groups in total. The van der Waals surface area contributed by atoms with Crippen molar-refractivity contribution in [1.29, 1.82) is 0 Å². The largest absolute Gasteiger partial charge is 0.339 e. The van der Waals surface area contributed by atoms with E-state index < -0.39 is 0 Å². The smallest absolute Gasteiger partial charge is 0.255 e. The van der Waals surface area contributed by atoms with Gasteiger partial charge in [-0.25, -0.2) is 4.52 Å². The first-order valence-corrected chi connectivity index (χ1v) is 15.5. The van der Waals surface area contributed by atoms with Gasteiger partial charge in [0.05, 0.1) is 28.5 Å². The molecule has 0 radical (unpaired) electrons. The minimum atomic E-state index is 0.174. The highest BCUT2D eigenvalue weighted by Crippen LogP contribution is 2.60.